The summed E-state index contributed by atoms with van der Waals surface area (Å²) in [6, 6.07) is 9.79. The van der Waals surface area contributed by atoms with Gasteiger partial charge in [-0.1, -0.05) is 12.1 Å². The molecule has 8 heteroatoms. The first-order valence-electron chi connectivity index (χ1n) is 8.91. The van der Waals surface area contributed by atoms with E-state index in [1.54, 1.807) is 60.7 Å². The number of amides is 1. The number of ether oxygens (including phenoxy) is 1. The van der Waals surface area contributed by atoms with Crippen molar-refractivity contribution in [1.29, 1.82) is 0 Å². The number of hydrogen-bond donors (Lipinski definition) is 0. The second kappa shape index (κ2) is 6.94. The summed E-state index contributed by atoms with van der Waals surface area (Å²) in [5.41, 5.74) is 0.583. The highest BCUT2D eigenvalue weighted by Crippen LogP contribution is 2.35. The average molecular weight is 387 g/mol. The minimum absolute atomic E-state index is 0.0697. The summed E-state index contributed by atoms with van der Waals surface area (Å²) >= 11 is 0. The number of hydrogen-bond acceptors (Lipinski definition) is 5. The number of likely N-dealkylation sites (N-methyl/N-ethyl adjacent to an activating group) is 1. The summed E-state index contributed by atoms with van der Waals surface area (Å²) < 4.78 is 33.5. The summed E-state index contributed by atoms with van der Waals surface area (Å²) in [5, 5.41) is 0. The molecule has 0 aliphatic carbocycles. The third-order valence-electron chi connectivity index (χ3n) is 5.27. The van der Waals surface area contributed by atoms with Crippen LogP contribution in [0.25, 0.3) is 0 Å². The van der Waals surface area contributed by atoms with Crippen LogP contribution in [-0.2, 0) is 10.0 Å². The van der Waals surface area contributed by atoms with Crippen LogP contribution in [0, 0.1) is 0 Å². The topological polar surface area (TPSA) is 79.8 Å². The number of nitrogens with zero attached hydrogens (tertiary/aromatic N) is 3. The Morgan fingerprint density at radius 3 is 2.59 bits per heavy atom. The first-order chi connectivity index (χ1) is 13.0. The molecule has 2 aliphatic heterocycles. The van der Waals surface area contributed by atoms with E-state index in [1.165, 1.54) is 4.31 Å². The Balaban J connectivity index is 1.62. The van der Waals surface area contributed by atoms with Gasteiger partial charge in [0.2, 0.25) is 10.0 Å². The van der Waals surface area contributed by atoms with Crippen molar-refractivity contribution < 1.29 is 17.9 Å². The fourth-order valence-electron chi connectivity index (χ4n) is 3.75. The number of fused-ring (bicyclic) bond motifs is 2. The molecule has 7 nitrogen and oxygen atoms in total. The van der Waals surface area contributed by atoms with Crippen LogP contribution >= 0.6 is 0 Å². The van der Waals surface area contributed by atoms with Crippen molar-refractivity contribution in [2.24, 2.45) is 0 Å². The number of likely N-dealkylation sites (tertiary alicyclic amines) is 1. The smallest absolute Gasteiger partial charge is 0.253 e. The fraction of sp³-hybridized carbons (Fsp3) is 0.368. The third-order valence-corrected chi connectivity index (χ3v) is 7.20. The zero-order valence-corrected chi connectivity index (χ0v) is 15.8. The largest absolute Gasteiger partial charge is 0.487 e. The third kappa shape index (κ3) is 3.19. The van der Waals surface area contributed by atoms with Gasteiger partial charge in [0.05, 0.1) is 6.04 Å². The van der Waals surface area contributed by atoms with Crippen LogP contribution in [0.2, 0.25) is 0 Å². The summed E-state index contributed by atoms with van der Waals surface area (Å²) in [6.07, 6.45) is 3.97. The lowest BCUT2D eigenvalue weighted by molar-refractivity contribution is 0.0755. The van der Waals surface area contributed by atoms with E-state index in [4.69, 9.17) is 4.74 Å². The quantitative estimate of drug-likeness (QED) is 0.745. The van der Waals surface area contributed by atoms with Crippen molar-refractivity contribution >= 4 is 15.9 Å². The Morgan fingerprint density at radius 1 is 1.11 bits per heavy atom. The van der Waals surface area contributed by atoms with Crippen molar-refractivity contribution in [3.63, 3.8) is 0 Å². The van der Waals surface area contributed by atoms with Gasteiger partial charge in [0, 0.05) is 44.5 Å². The highest BCUT2D eigenvalue weighted by molar-refractivity contribution is 7.89. The maximum absolute atomic E-state index is 13.0. The number of para-hydroxylation sites is 1. The first kappa shape index (κ1) is 17.9. The molecule has 0 unspecified atom stereocenters. The summed E-state index contributed by atoms with van der Waals surface area (Å²) in [7, 11) is -2.04. The Hall–Kier alpha value is -2.45. The fourth-order valence-corrected chi connectivity index (χ4v) is 5.28. The minimum Gasteiger partial charge on any atom is -0.487 e. The molecule has 0 spiro atoms. The normalized spacial score (nSPS) is 24.7. The van der Waals surface area contributed by atoms with Gasteiger partial charge in [-0.15, -0.1) is 0 Å². The van der Waals surface area contributed by atoms with Crippen molar-refractivity contribution in [2.45, 2.75) is 29.9 Å². The standard InChI is InChI=1S/C19H21N3O4S/c1-21-15-8-12-22(19(23)14-6-10-20-11-7-14)13-9-16(15)26-17-4-2-3-5-18(17)27(21,24)25/h2-7,10-11,15-16H,8-9,12-13H2,1H3/t15-,16-/m0/s1. The molecule has 2 atom stereocenters. The summed E-state index contributed by atoms with van der Waals surface area (Å²) in [4.78, 5) is 18.7. The van der Waals surface area contributed by atoms with Crippen LogP contribution in [0.4, 0.5) is 0 Å². The van der Waals surface area contributed by atoms with Gasteiger partial charge in [-0.25, -0.2) is 8.42 Å². The van der Waals surface area contributed by atoms with Gasteiger partial charge in [-0.3, -0.25) is 9.78 Å². The second-order valence-electron chi connectivity index (χ2n) is 6.80. The highest BCUT2D eigenvalue weighted by Gasteiger charge is 2.41. The average Bonchev–Trinajstić information content (AvgIpc) is 2.93. The molecule has 4 rings (SSSR count). The first-order valence-corrected chi connectivity index (χ1v) is 10.4. The molecular formula is C19H21N3O4S. The Morgan fingerprint density at radius 2 is 1.81 bits per heavy atom. The minimum atomic E-state index is -3.64. The molecule has 0 radical (unpaired) electrons. The number of sulfonamides is 1. The predicted molar refractivity (Wildman–Crippen MR) is 99.0 cm³/mol. The van der Waals surface area contributed by atoms with Gasteiger partial charge >= 0.3 is 0 Å². The van der Waals surface area contributed by atoms with E-state index in [0.29, 0.717) is 37.2 Å². The molecule has 2 aliphatic rings. The number of aromatic nitrogens is 1. The number of carbonyl (C=O) groups is 1. The number of pyridine rings is 1. The van der Waals surface area contributed by atoms with E-state index in [0.717, 1.165) is 0 Å². The second-order valence-corrected chi connectivity index (χ2v) is 8.76. The lowest BCUT2D eigenvalue weighted by Gasteiger charge is -2.28. The summed E-state index contributed by atoms with van der Waals surface area (Å²) in [5.74, 6) is 0.311. The van der Waals surface area contributed by atoms with Crippen molar-refractivity contribution in [3.05, 3.63) is 54.4 Å². The highest BCUT2D eigenvalue weighted by atomic mass is 32.2. The number of rotatable bonds is 1. The molecule has 142 valence electrons. The van der Waals surface area contributed by atoms with Crippen LogP contribution in [0.1, 0.15) is 23.2 Å². The van der Waals surface area contributed by atoms with Crippen molar-refractivity contribution in [3.8, 4) is 5.75 Å². The molecule has 0 N–H and O–H groups in total. The molecule has 1 amide bonds. The number of carbonyl (C=O) groups excluding carboxylic acids is 1. The molecular weight excluding hydrogens is 366 g/mol. The Labute approximate surface area is 158 Å². The molecule has 27 heavy (non-hydrogen) atoms. The van der Waals surface area contributed by atoms with Crippen LogP contribution in [0.3, 0.4) is 0 Å². The van der Waals surface area contributed by atoms with Gasteiger partial charge in [0.1, 0.15) is 16.7 Å². The van der Waals surface area contributed by atoms with Gasteiger partial charge < -0.3 is 9.64 Å². The van der Waals surface area contributed by atoms with E-state index in [9.17, 15) is 13.2 Å². The van der Waals surface area contributed by atoms with E-state index in [1.807, 2.05) is 0 Å². The Bertz CT molecular complexity index is 948. The van der Waals surface area contributed by atoms with Gasteiger partial charge in [0.25, 0.3) is 5.91 Å². The lowest BCUT2D eigenvalue weighted by atomic mass is 10.1. The van der Waals surface area contributed by atoms with E-state index in [-0.39, 0.29) is 22.9 Å². The van der Waals surface area contributed by atoms with Crippen molar-refractivity contribution in [2.75, 3.05) is 20.1 Å². The summed E-state index contributed by atoms with van der Waals surface area (Å²) in [6.45, 7) is 0.986. The molecule has 0 saturated carbocycles. The van der Waals surface area contributed by atoms with E-state index in [2.05, 4.69) is 4.98 Å². The molecule has 1 aromatic carbocycles. The lowest BCUT2D eigenvalue weighted by Crippen LogP contribution is -2.44. The number of benzene rings is 1. The maximum Gasteiger partial charge on any atom is 0.253 e. The predicted octanol–water partition coefficient (Wildman–Crippen LogP) is 1.77. The van der Waals surface area contributed by atoms with Gasteiger partial charge in [-0.2, -0.15) is 4.31 Å². The molecule has 2 aromatic rings. The van der Waals surface area contributed by atoms with Gasteiger partial charge in [0.15, 0.2) is 0 Å². The van der Waals surface area contributed by atoms with E-state index < -0.39 is 10.0 Å². The molecule has 1 saturated heterocycles. The van der Waals surface area contributed by atoms with Crippen LogP contribution in [0.15, 0.2) is 53.7 Å². The van der Waals surface area contributed by atoms with Crippen LogP contribution in [0.5, 0.6) is 5.75 Å². The zero-order chi connectivity index (χ0) is 19.0. The molecule has 0 bridgehead atoms. The van der Waals surface area contributed by atoms with Crippen LogP contribution < -0.4 is 4.74 Å². The van der Waals surface area contributed by atoms with Gasteiger partial charge in [-0.05, 0) is 30.7 Å². The molecule has 3 heterocycles. The maximum atomic E-state index is 13.0. The molecule has 1 aromatic heterocycles. The Kier molecular flexibility index (Phi) is 4.61. The molecule has 1 fully saturated rings. The van der Waals surface area contributed by atoms with E-state index >= 15 is 0 Å². The van der Waals surface area contributed by atoms with Crippen molar-refractivity contribution in [1.82, 2.24) is 14.2 Å². The SMILES string of the molecule is CN1[C@H]2CCN(C(=O)c3ccncc3)CC[C@@H]2Oc2ccccc2S1(=O)=O. The van der Waals surface area contributed by atoms with Crippen LogP contribution in [-0.4, -0.2) is 60.8 Å². The monoisotopic (exact) mass is 387 g/mol. The zero-order valence-electron chi connectivity index (χ0n) is 15.0.